The van der Waals surface area contributed by atoms with Gasteiger partial charge in [0.05, 0.1) is 12.1 Å². The van der Waals surface area contributed by atoms with Crippen molar-refractivity contribution in [3.63, 3.8) is 0 Å². The smallest absolute Gasteiger partial charge is 0.408 e. The topological polar surface area (TPSA) is 64.1 Å². The fourth-order valence-electron chi connectivity index (χ4n) is 1.06. The maximum absolute atomic E-state index is 11.3. The number of amides is 1. The molecule has 0 radical (unpaired) electrons. The number of alkyl carbamates (subject to hydrolysis) is 1. The summed E-state index contributed by atoms with van der Waals surface area (Å²) in [6, 6.07) is 0. The molecular weight excluding hydrogens is 262 g/mol. The Morgan fingerprint density at radius 1 is 1.42 bits per heavy atom. The maximum atomic E-state index is 11.3. The first-order chi connectivity index (χ1) is 8.90. The molecule has 1 N–H and O–H groups in total. The Morgan fingerprint density at radius 2 is 2.05 bits per heavy atom. The predicted molar refractivity (Wildman–Crippen MR) is 74.9 cm³/mol. The average Bonchev–Trinajstić information content (AvgIpc) is 2.33. The lowest BCUT2D eigenvalue weighted by molar-refractivity contribution is 0.0535. The molecule has 1 heterocycles. The third-order valence-corrected chi connectivity index (χ3v) is 2.34. The second-order valence-corrected chi connectivity index (χ2v) is 5.39. The Labute approximate surface area is 117 Å². The van der Waals surface area contributed by atoms with E-state index in [4.69, 9.17) is 4.74 Å². The van der Waals surface area contributed by atoms with E-state index in [-0.39, 0.29) is 6.54 Å². The quantitative estimate of drug-likeness (QED) is 0.510. The van der Waals surface area contributed by atoms with Gasteiger partial charge in [-0.05, 0) is 27.0 Å². The summed E-state index contributed by atoms with van der Waals surface area (Å²) in [7, 11) is 0. The fourth-order valence-corrected chi connectivity index (χ4v) is 1.38. The highest BCUT2D eigenvalue weighted by Crippen LogP contribution is 2.06. The standard InChI is InChI=1S/C13H17N3O2S/c1-13(2,3)18-12(17)14-7-5-6-10-8-15-11(19-4)16-9-10/h8-9H,7H2,1-4H3,(H,14,17). The summed E-state index contributed by atoms with van der Waals surface area (Å²) >= 11 is 1.47. The van der Waals surface area contributed by atoms with E-state index in [0.717, 1.165) is 0 Å². The zero-order chi connectivity index (χ0) is 14.3. The molecule has 0 aromatic carbocycles. The molecule has 0 aliphatic rings. The monoisotopic (exact) mass is 279 g/mol. The van der Waals surface area contributed by atoms with Crippen LogP contribution in [0.25, 0.3) is 0 Å². The number of nitrogens with one attached hydrogen (secondary N) is 1. The molecule has 0 atom stereocenters. The molecule has 1 aromatic rings. The minimum absolute atomic E-state index is 0.221. The lowest BCUT2D eigenvalue weighted by atomic mass is 10.2. The highest BCUT2D eigenvalue weighted by atomic mass is 32.2. The molecular formula is C13H17N3O2S. The molecule has 1 aromatic heterocycles. The van der Waals surface area contributed by atoms with E-state index in [0.29, 0.717) is 10.7 Å². The molecule has 5 nitrogen and oxygen atoms in total. The van der Waals surface area contributed by atoms with E-state index in [2.05, 4.69) is 27.1 Å². The van der Waals surface area contributed by atoms with Crippen LogP contribution in [0, 0.1) is 11.8 Å². The third kappa shape index (κ3) is 6.67. The van der Waals surface area contributed by atoms with Gasteiger partial charge in [0.15, 0.2) is 5.16 Å². The van der Waals surface area contributed by atoms with Crippen molar-refractivity contribution < 1.29 is 9.53 Å². The van der Waals surface area contributed by atoms with Crippen LogP contribution >= 0.6 is 11.8 Å². The molecule has 0 spiro atoms. The molecule has 19 heavy (non-hydrogen) atoms. The molecule has 102 valence electrons. The third-order valence-electron chi connectivity index (χ3n) is 1.76. The molecule has 0 unspecified atom stereocenters. The van der Waals surface area contributed by atoms with Crippen LogP contribution in [0.2, 0.25) is 0 Å². The zero-order valence-electron chi connectivity index (χ0n) is 11.5. The molecule has 1 rings (SSSR count). The lowest BCUT2D eigenvalue weighted by Crippen LogP contribution is -2.32. The molecule has 6 heteroatoms. The summed E-state index contributed by atoms with van der Waals surface area (Å²) in [5, 5.41) is 3.26. The SMILES string of the molecule is CSc1ncc(C#CCNC(=O)OC(C)(C)C)cn1. The van der Waals surface area contributed by atoms with Gasteiger partial charge in [-0.3, -0.25) is 0 Å². The van der Waals surface area contributed by atoms with Crippen LogP contribution in [-0.2, 0) is 4.74 Å². The van der Waals surface area contributed by atoms with Gasteiger partial charge in [-0.1, -0.05) is 23.6 Å². The van der Waals surface area contributed by atoms with Gasteiger partial charge >= 0.3 is 6.09 Å². The second kappa shape index (κ2) is 7.00. The van der Waals surface area contributed by atoms with Gasteiger partial charge in [0.2, 0.25) is 0 Å². The molecule has 0 bridgehead atoms. The maximum Gasteiger partial charge on any atom is 0.408 e. The predicted octanol–water partition coefficient (Wildman–Crippen LogP) is 2.07. The zero-order valence-corrected chi connectivity index (χ0v) is 12.3. The van der Waals surface area contributed by atoms with Crippen molar-refractivity contribution in [1.29, 1.82) is 0 Å². The van der Waals surface area contributed by atoms with Gasteiger partial charge in [-0.2, -0.15) is 0 Å². The minimum Gasteiger partial charge on any atom is -0.444 e. The number of aromatic nitrogens is 2. The van der Waals surface area contributed by atoms with Crippen LogP contribution in [-0.4, -0.2) is 34.5 Å². The number of carbonyl (C=O) groups is 1. The van der Waals surface area contributed by atoms with Gasteiger partial charge in [0, 0.05) is 12.4 Å². The van der Waals surface area contributed by atoms with E-state index in [1.807, 2.05) is 27.0 Å². The van der Waals surface area contributed by atoms with Crippen molar-refractivity contribution in [2.75, 3.05) is 12.8 Å². The molecule has 0 saturated carbocycles. The van der Waals surface area contributed by atoms with Crippen LogP contribution in [0.1, 0.15) is 26.3 Å². The fraction of sp³-hybridized carbons (Fsp3) is 0.462. The van der Waals surface area contributed by atoms with Crippen LogP contribution in [0.15, 0.2) is 17.6 Å². The largest absolute Gasteiger partial charge is 0.444 e. The van der Waals surface area contributed by atoms with E-state index in [1.165, 1.54) is 11.8 Å². The molecule has 1 amide bonds. The summed E-state index contributed by atoms with van der Waals surface area (Å²) in [4.78, 5) is 19.5. The van der Waals surface area contributed by atoms with Crippen LogP contribution < -0.4 is 5.32 Å². The minimum atomic E-state index is -0.501. The summed E-state index contributed by atoms with van der Waals surface area (Å²) in [5.41, 5.74) is 0.211. The van der Waals surface area contributed by atoms with Crippen LogP contribution in [0.4, 0.5) is 4.79 Å². The normalized spacial score (nSPS) is 10.3. The molecule has 0 fully saturated rings. The van der Waals surface area contributed by atoms with Gasteiger partial charge in [-0.25, -0.2) is 14.8 Å². The summed E-state index contributed by atoms with van der Waals surface area (Å²) < 4.78 is 5.07. The number of rotatable bonds is 2. The Hall–Kier alpha value is -1.74. The van der Waals surface area contributed by atoms with Crippen molar-refractivity contribution in [2.45, 2.75) is 31.5 Å². The first kappa shape index (κ1) is 15.3. The van der Waals surface area contributed by atoms with Crippen molar-refractivity contribution in [3.05, 3.63) is 18.0 Å². The number of ether oxygens (including phenoxy) is 1. The number of carbonyl (C=O) groups excluding carboxylic acids is 1. The number of hydrogen-bond donors (Lipinski definition) is 1. The van der Waals surface area contributed by atoms with Crippen LogP contribution in [0.5, 0.6) is 0 Å². The van der Waals surface area contributed by atoms with E-state index in [9.17, 15) is 4.79 Å². The second-order valence-electron chi connectivity index (χ2n) is 4.62. The Bertz CT molecular complexity index is 483. The van der Waals surface area contributed by atoms with Gasteiger partial charge in [0.25, 0.3) is 0 Å². The van der Waals surface area contributed by atoms with Gasteiger partial charge < -0.3 is 10.1 Å². The van der Waals surface area contributed by atoms with Gasteiger partial charge in [0.1, 0.15) is 5.60 Å². The summed E-state index contributed by atoms with van der Waals surface area (Å²) in [6.45, 7) is 5.65. The number of nitrogens with zero attached hydrogens (tertiary/aromatic N) is 2. The van der Waals surface area contributed by atoms with Crippen molar-refractivity contribution in [3.8, 4) is 11.8 Å². The lowest BCUT2D eigenvalue weighted by Gasteiger charge is -2.18. The molecule has 0 aliphatic carbocycles. The number of thioether (sulfide) groups is 1. The highest BCUT2D eigenvalue weighted by molar-refractivity contribution is 7.98. The Kier molecular flexibility index (Phi) is 5.64. The number of hydrogen-bond acceptors (Lipinski definition) is 5. The van der Waals surface area contributed by atoms with Crippen molar-refractivity contribution in [1.82, 2.24) is 15.3 Å². The summed E-state index contributed by atoms with van der Waals surface area (Å²) in [6.07, 6.45) is 4.74. The molecule has 0 aliphatic heterocycles. The van der Waals surface area contributed by atoms with Crippen molar-refractivity contribution >= 4 is 17.9 Å². The molecule has 0 saturated heterocycles. The van der Waals surface area contributed by atoms with Crippen molar-refractivity contribution in [2.24, 2.45) is 0 Å². The highest BCUT2D eigenvalue weighted by Gasteiger charge is 2.14. The Morgan fingerprint density at radius 3 is 2.58 bits per heavy atom. The Balaban J connectivity index is 2.40. The first-order valence-corrected chi connectivity index (χ1v) is 6.95. The summed E-state index contributed by atoms with van der Waals surface area (Å²) in [5.74, 6) is 5.67. The van der Waals surface area contributed by atoms with E-state index in [1.54, 1.807) is 12.4 Å². The van der Waals surface area contributed by atoms with E-state index < -0.39 is 11.7 Å². The van der Waals surface area contributed by atoms with Gasteiger partial charge in [-0.15, -0.1) is 0 Å². The van der Waals surface area contributed by atoms with Crippen LogP contribution in [0.3, 0.4) is 0 Å². The first-order valence-electron chi connectivity index (χ1n) is 5.72. The average molecular weight is 279 g/mol. The van der Waals surface area contributed by atoms with E-state index >= 15 is 0 Å².